The molecule has 2 atom stereocenters. The van der Waals surface area contributed by atoms with Gasteiger partial charge in [0, 0.05) is 13.1 Å². The SMILES string of the molecule is C1CCC(CCN2C[C@H]3CNC[C@H]3C2)C1.Cl. The van der Waals surface area contributed by atoms with Crippen LogP contribution in [0.1, 0.15) is 32.1 Å². The smallest absolute Gasteiger partial charge is 0.00255 e. The van der Waals surface area contributed by atoms with Gasteiger partial charge in [-0.15, -0.1) is 12.4 Å². The summed E-state index contributed by atoms with van der Waals surface area (Å²) in [5.74, 6) is 3.03. The Morgan fingerprint density at radius 1 is 1.00 bits per heavy atom. The molecule has 0 spiro atoms. The summed E-state index contributed by atoms with van der Waals surface area (Å²) in [6.07, 6.45) is 7.51. The van der Waals surface area contributed by atoms with E-state index in [0.29, 0.717) is 0 Å². The van der Waals surface area contributed by atoms with Gasteiger partial charge in [-0.2, -0.15) is 0 Å². The second-order valence-corrected chi connectivity index (χ2v) is 5.88. The molecule has 0 bridgehead atoms. The lowest BCUT2D eigenvalue weighted by molar-refractivity contribution is 0.284. The molecule has 3 fully saturated rings. The molecule has 2 nitrogen and oxygen atoms in total. The minimum atomic E-state index is 0. The van der Waals surface area contributed by atoms with Crippen LogP contribution in [-0.4, -0.2) is 37.6 Å². The maximum Gasteiger partial charge on any atom is 0.00255 e. The third-order valence-electron chi connectivity index (χ3n) is 4.79. The summed E-state index contributed by atoms with van der Waals surface area (Å²) in [5.41, 5.74) is 0. The summed E-state index contributed by atoms with van der Waals surface area (Å²) in [5, 5.41) is 3.52. The molecule has 0 amide bonds. The number of rotatable bonds is 3. The first-order valence-electron chi connectivity index (χ1n) is 6.85. The number of hydrogen-bond acceptors (Lipinski definition) is 2. The van der Waals surface area contributed by atoms with E-state index in [-0.39, 0.29) is 12.4 Å². The van der Waals surface area contributed by atoms with Crippen molar-refractivity contribution in [2.45, 2.75) is 32.1 Å². The Morgan fingerprint density at radius 3 is 2.25 bits per heavy atom. The molecule has 2 aliphatic heterocycles. The van der Waals surface area contributed by atoms with Crippen molar-refractivity contribution in [1.82, 2.24) is 10.2 Å². The van der Waals surface area contributed by atoms with E-state index < -0.39 is 0 Å². The number of nitrogens with zero attached hydrogens (tertiary/aromatic N) is 1. The molecule has 1 aliphatic carbocycles. The van der Waals surface area contributed by atoms with E-state index in [1.807, 2.05) is 0 Å². The Balaban J connectivity index is 0.000000963. The van der Waals surface area contributed by atoms with Gasteiger partial charge in [0.25, 0.3) is 0 Å². The van der Waals surface area contributed by atoms with Crippen LogP contribution in [0.5, 0.6) is 0 Å². The molecular weight excluding hydrogens is 220 g/mol. The molecule has 0 aromatic carbocycles. The van der Waals surface area contributed by atoms with Crippen molar-refractivity contribution in [3.63, 3.8) is 0 Å². The second kappa shape index (κ2) is 5.70. The normalized spacial score (nSPS) is 35.2. The van der Waals surface area contributed by atoms with Gasteiger partial charge in [0.15, 0.2) is 0 Å². The number of hydrogen-bond donors (Lipinski definition) is 1. The van der Waals surface area contributed by atoms with Crippen LogP contribution < -0.4 is 5.32 Å². The van der Waals surface area contributed by atoms with Crippen LogP contribution in [0.2, 0.25) is 0 Å². The van der Waals surface area contributed by atoms with Crippen molar-refractivity contribution < 1.29 is 0 Å². The highest BCUT2D eigenvalue weighted by atomic mass is 35.5. The maximum atomic E-state index is 3.52. The summed E-state index contributed by atoms with van der Waals surface area (Å²) in [4.78, 5) is 2.73. The number of likely N-dealkylation sites (tertiary alicyclic amines) is 1. The molecule has 0 unspecified atom stereocenters. The van der Waals surface area contributed by atoms with Crippen molar-refractivity contribution in [3.05, 3.63) is 0 Å². The Hall–Kier alpha value is 0.210. The quantitative estimate of drug-likeness (QED) is 0.819. The molecule has 0 aromatic heterocycles. The molecule has 1 N–H and O–H groups in total. The zero-order valence-electron chi connectivity index (χ0n) is 10.2. The van der Waals surface area contributed by atoms with Gasteiger partial charge in [0.1, 0.15) is 0 Å². The molecule has 0 aromatic rings. The molecule has 94 valence electrons. The predicted molar refractivity (Wildman–Crippen MR) is 70.1 cm³/mol. The van der Waals surface area contributed by atoms with Crippen LogP contribution in [0.15, 0.2) is 0 Å². The summed E-state index contributed by atoms with van der Waals surface area (Å²) in [6, 6.07) is 0. The van der Waals surface area contributed by atoms with Gasteiger partial charge in [-0.1, -0.05) is 25.7 Å². The third kappa shape index (κ3) is 2.72. The van der Waals surface area contributed by atoms with Gasteiger partial charge in [-0.05, 0) is 43.8 Å². The minimum absolute atomic E-state index is 0. The van der Waals surface area contributed by atoms with Crippen LogP contribution in [0.25, 0.3) is 0 Å². The van der Waals surface area contributed by atoms with Crippen molar-refractivity contribution in [2.75, 3.05) is 32.7 Å². The zero-order chi connectivity index (χ0) is 10.1. The monoisotopic (exact) mass is 244 g/mol. The number of halogens is 1. The van der Waals surface area contributed by atoms with Crippen LogP contribution in [-0.2, 0) is 0 Å². The van der Waals surface area contributed by atoms with Gasteiger partial charge in [-0.3, -0.25) is 0 Å². The zero-order valence-corrected chi connectivity index (χ0v) is 11.0. The second-order valence-electron chi connectivity index (χ2n) is 5.88. The molecule has 0 radical (unpaired) electrons. The van der Waals surface area contributed by atoms with Crippen molar-refractivity contribution >= 4 is 12.4 Å². The maximum absolute atomic E-state index is 3.52. The average molecular weight is 245 g/mol. The summed E-state index contributed by atoms with van der Waals surface area (Å²) in [6.45, 7) is 6.71. The lowest BCUT2D eigenvalue weighted by atomic mass is 10.0. The Morgan fingerprint density at radius 2 is 1.62 bits per heavy atom. The molecule has 2 saturated heterocycles. The van der Waals surface area contributed by atoms with E-state index in [2.05, 4.69) is 10.2 Å². The van der Waals surface area contributed by atoms with E-state index >= 15 is 0 Å². The van der Waals surface area contributed by atoms with Gasteiger partial charge < -0.3 is 10.2 Å². The minimum Gasteiger partial charge on any atom is -0.316 e. The van der Waals surface area contributed by atoms with Gasteiger partial charge in [0.2, 0.25) is 0 Å². The van der Waals surface area contributed by atoms with Gasteiger partial charge >= 0.3 is 0 Å². The largest absolute Gasteiger partial charge is 0.316 e. The molecular formula is C13H25ClN2. The Labute approximate surface area is 106 Å². The van der Waals surface area contributed by atoms with Crippen molar-refractivity contribution in [1.29, 1.82) is 0 Å². The number of nitrogens with one attached hydrogen (secondary N) is 1. The fourth-order valence-corrected chi connectivity index (χ4v) is 3.80. The van der Waals surface area contributed by atoms with Crippen LogP contribution in [0.4, 0.5) is 0 Å². The van der Waals surface area contributed by atoms with Crippen LogP contribution in [0.3, 0.4) is 0 Å². The molecule has 16 heavy (non-hydrogen) atoms. The third-order valence-corrected chi connectivity index (χ3v) is 4.79. The van der Waals surface area contributed by atoms with Crippen LogP contribution in [0, 0.1) is 17.8 Å². The highest BCUT2D eigenvalue weighted by molar-refractivity contribution is 5.85. The Kier molecular flexibility index (Phi) is 4.51. The molecule has 2 heterocycles. The molecule has 3 heteroatoms. The van der Waals surface area contributed by atoms with Crippen molar-refractivity contribution in [2.24, 2.45) is 17.8 Å². The van der Waals surface area contributed by atoms with Gasteiger partial charge in [0.05, 0.1) is 0 Å². The van der Waals surface area contributed by atoms with Gasteiger partial charge in [-0.25, -0.2) is 0 Å². The van der Waals surface area contributed by atoms with Crippen LogP contribution >= 0.6 is 12.4 Å². The van der Waals surface area contributed by atoms with E-state index in [1.54, 1.807) is 0 Å². The highest BCUT2D eigenvalue weighted by Crippen LogP contribution is 2.30. The molecule has 3 rings (SSSR count). The summed E-state index contributed by atoms with van der Waals surface area (Å²) >= 11 is 0. The first-order chi connectivity index (χ1) is 7.42. The van der Waals surface area contributed by atoms with E-state index in [4.69, 9.17) is 0 Å². The standard InChI is InChI=1S/C13H24N2.ClH/c1-2-4-11(3-1)5-6-15-9-12-7-14-8-13(12)10-15;/h11-14H,1-10H2;1H/t12-,13+;. The van der Waals surface area contributed by atoms with E-state index in [1.165, 1.54) is 64.8 Å². The summed E-state index contributed by atoms with van der Waals surface area (Å²) < 4.78 is 0. The first-order valence-corrected chi connectivity index (χ1v) is 6.85. The van der Waals surface area contributed by atoms with E-state index in [0.717, 1.165) is 17.8 Å². The summed E-state index contributed by atoms with van der Waals surface area (Å²) in [7, 11) is 0. The highest BCUT2D eigenvalue weighted by Gasteiger charge is 2.35. The fourth-order valence-electron chi connectivity index (χ4n) is 3.80. The predicted octanol–water partition coefficient (Wildman–Crippen LogP) is 2.14. The first kappa shape index (κ1) is 12.7. The fraction of sp³-hybridized carbons (Fsp3) is 1.00. The van der Waals surface area contributed by atoms with E-state index in [9.17, 15) is 0 Å². The van der Waals surface area contributed by atoms with Crippen molar-refractivity contribution in [3.8, 4) is 0 Å². The average Bonchev–Trinajstić information content (AvgIpc) is 2.91. The lowest BCUT2D eigenvalue weighted by Crippen LogP contribution is -2.27. The molecule has 1 saturated carbocycles. The molecule has 3 aliphatic rings. The topological polar surface area (TPSA) is 15.3 Å². The Bertz CT molecular complexity index is 204. The number of fused-ring (bicyclic) bond motifs is 1. The lowest BCUT2D eigenvalue weighted by Gasteiger charge is -2.19.